The third kappa shape index (κ3) is 5.09. The summed E-state index contributed by atoms with van der Waals surface area (Å²) in [6.07, 6.45) is 7.07. The molecule has 1 aliphatic rings. The van der Waals surface area contributed by atoms with Gasteiger partial charge in [0.25, 0.3) is 0 Å². The van der Waals surface area contributed by atoms with E-state index in [1.807, 2.05) is 0 Å². The number of hydrogen-bond donors (Lipinski definition) is 1. The minimum Gasteiger partial charge on any atom is -0.314 e. The summed E-state index contributed by atoms with van der Waals surface area (Å²) in [4.78, 5) is 0. The first-order valence-corrected chi connectivity index (χ1v) is 8.24. The van der Waals surface area contributed by atoms with E-state index in [0.717, 1.165) is 24.4 Å². The Morgan fingerprint density at radius 2 is 2.12 bits per heavy atom. The Labute approximate surface area is 106 Å². The van der Waals surface area contributed by atoms with Crippen LogP contribution in [0.5, 0.6) is 0 Å². The molecule has 1 aliphatic carbocycles. The molecule has 0 amide bonds. The Hall–Kier alpha value is 0.310. The van der Waals surface area contributed by atoms with Crippen molar-refractivity contribution in [2.45, 2.75) is 58.9 Å². The van der Waals surface area contributed by atoms with Crippen molar-refractivity contribution in [1.82, 2.24) is 5.32 Å². The molecule has 3 unspecified atom stereocenters. The van der Waals surface area contributed by atoms with Gasteiger partial charge < -0.3 is 5.32 Å². The monoisotopic (exact) mass is 243 g/mol. The van der Waals surface area contributed by atoms with Gasteiger partial charge in [0.15, 0.2) is 0 Å². The summed E-state index contributed by atoms with van der Waals surface area (Å²) < 4.78 is 0. The van der Waals surface area contributed by atoms with E-state index in [1.54, 1.807) is 0 Å². The molecule has 0 saturated heterocycles. The third-order valence-electron chi connectivity index (χ3n) is 3.86. The van der Waals surface area contributed by atoms with E-state index in [9.17, 15) is 0 Å². The maximum absolute atomic E-state index is 3.65. The molecule has 1 nitrogen and oxygen atoms in total. The quantitative estimate of drug-likeness (QED) is 0.648. The lowest BCUT2D eigenvalue weighted by atomic mass is 10.0. The Morgan fingerprint density at radius 1 is 1.31 bits per heavy atom. The maximum atomic E-state index is 3.65. The second-order valence-corrected chi connectivity index (χ2v) is 6.38. The zero-order valence-corrected chi connectivity index (χ0v) is 12.1. The standard InChI is InChI=1S/C14H29NS/c1-4-12(3)11-16-10-9-13-7-6-8-14(13)15-5-2/h12-15H,4-11H2,1-3H3. The zero-order valence-electron chi connectivity index (χ0n) is 11.3. The van der Waals surface area contributed by atoms with Crippen molar-refractivity contribution in [2.75, 3.05) is 18.1 Å². The number of hydrogen-bond acceptors (Lipinski definition) is 2. The topological polar surface area (TPSA) is 12.0 Å². The van der Waals surface area contributed by atoms with Crippen molar-refractivity contribution in [3.8, 4) is 0 Å². The van der Waals surface area contributed by atoms with Crippen molar-refractivity contribution in [3.63, 3.8) is 0 Å². The molecule has 96 valence electrons. The van der Waals surface area contributed by atoms with Crippen LogP contribution < -0.4 is 5.32 Å². The Morgan fingerprint density at radius 3 is 2.81 bits per heavy atom. The van der Waals surface area contributed by atoms with E-state index in [4.69, 9.17) is 0 Å². The summed E-state index contributed by atoms with van der Waals surface area (Å²) in [7, 11) is 0. The fourth-order valence-electron chi connectivity index (χ4n) is 2.55. The molecule has 0 spiro atoms. The van der Waals surface area contributed by atoms with Gasteiger partial charge in [-0.2, -0.15) is 11.8 Å². The van der Waals surface area contributed by atoms with Crippen LogP contribution in [-0.2, 0) is 0 Å². The highest BCUT2D eigenvalue weighted by Gasteiger charge is 2.25. The van der Waals surface area contributed by atoms with Crippen LogP contribution in [0.25, 0.3) is 0 Å². The van der Waals surface area contributed by atoms with Crippen LogP contribution in [-0.4, -0.2) is 24.1 Å². The largest absolute Gasteiger partial charge is 0.314 e. The third-order valence-corrected chi connectivity index (χ3v) is 5.19. The molecular formula is C14H29NS. The molecule has 0 heterocycles. The lowest BCUT2D eigenvalue weighted by molar-refractivity contribution is 0.400. The molecule has 1 N–H and O–H groups in total. The molecule has 1 saturated carbocycles. The highest BCUT2D eigenvalue weighted by atomic mass is 32.2. The molecule has 0 aromatic carbocycles. The Balaban J connectivity index is 2.07. The summed E-state index contributed by atoms with van der Waals surface area (Å²) in [6.45, 7) is 8.03. The van der Waals surface area contributed by atoms with Gasteiger partial charge in [-0.1, -0.05) is 33.6 Å². The van der Waals surface area contributed by atoms with Crippen LogP contribution in [0.1, 0.15) is 52.9 Å². The normalized spacial score (nSPS) is 27.2. The smallest absolute Gasteiger partial charge is 0.00955 e. The molecule has 1 rings (SSSR count). The molecule has 16 heavy (non-hydrogen) atoms. The van der Waals surface area contributed by atoms with E-state index < -0.39 is 0 Å². The van der Waals surface area contributed by atoms with E-state index in [1.165, 1.54) is 43.6 Å². The highest BCUT2D eigenvalue weighted by molar-refractivity contribution is 7.99. The van der Waals surface area contributed by atoms with Crippen LogP contribution in [0.15, 0.2) is 0 Å². The second kappa shape index (κ2) is 8.41. The van der Waals surface area contributed by atoms with Gasteiger partial charge in [0.2, 0.25) is 0 Å². The molecule has 0 aliphatic heterocycles. The lowest BCUT2D eigenvalue weighted by Crippen LogP contribution is -2.32. The number of nitrogens with one attached hydrogen (secondary N) is 1. The minimum atomic E-state index is 0.828. The molecular weight excluding hydrogens is 214 g/mol. The SMILES string of the molecule is CCNC1CCCC1CCSCC(C)CC. The van der Waals surface area contributed by atoms with Crippen LogP contribution in [0.3, 0.4) is 0 Å². The van der Waals surface area contributed by atoms with Gasteiger partial charge in [-0.25, -0.2) is 0 Å². The first kappa shape index (κ1) is 14.4. The van der Waals surface area contributed by atoms with Gasteiger partial charge in [-0.3, -0.25) is 0 Å². The first-order valence-electron chi connectivity index (χ1n) is 7.09. The van der Waals surface area contributed by atoms with Gasteiger partial charge in [-0.05, 0) is 49.1 Å². The first-order chi connectivity index (χ1) is 7.77. The van der Waals surface area contributed by atoms with Gasteiger partial charge in [-0.15, -0.1) is 0 Å². The van der Waals surface area contributed by atoms with E-state index in [-0.39, 0.29) is 0 Å². The Bertz CT molecular complexity index is 172. The van der Waals surface area contributed by atoms with Crippen LogP contribution in [0.4, 0.5) is 0 Å². The van der Waals surface area contributed by atoms with Crippen molar-refractivity contribution in [3.05, 3.63) is 0 Å². The predicted molar refractivity (Wildman–Crippen MR) is 76.2 cm³/mol. The van der Waals surface area contributed by atoms with Crippen molar-refractivity contribution in [2.24, 2.45) is 11.8 Å². The number of rotatable bonds is 8. The maximum Gasteiger partial charge on any atom is 0.00955 e. The molecule has 3 atom stereocenters. The van der Waals surface area contributed by atoms with Crippen LogP contribution in [0.2, 0.25) is 0 Å². The van der Waals surface area contributed by atoms with Gasteiger partial charge in [0.05, 0.1) is 0 Å². The van der Waals surface area contributed by atoms with Crippen molar-refractivity contribution >= 4 is 11.8 Å². The summed E-state index contributed by atoms with van der Waals surface area (Å²) in [5, 5.41) is 3.65. The fraction of sp³-hybridized carbons (Fsp3) is 1.00. The molecule has 0 bridgehead atoms. The molecule has 1 fully saturated rings. The average Bonchev–Trinajstić information content (AvgIpc) is 2.72. The van der Waals surface area contributed by atoms with Crippen LogP contribution >= 0.6 is 11.8 Å². The second-order valence-electron chi connectivity index (χ2n) is 5.23. The number of thioether (sulfide) groups is 1. The van der Waals surface area contributed by atoms with E-state index >= 15 is 0 Å². The average molecular weight is 243 g/mol. The Kier molecular flexibility index (Phi) is 7.55. The summed E-state index contributed by atoms with van der Waals surface area (Å²) in [6, 6.07) is 0.828. The zero-order chi connectivity index (χ0) is 11.8. The van der Waals surface area contributed by atoms with E-state index in [2.05, 4.69) is 37.8 Å². The van der Waals surface area contributed by atoms with Gasteiger partial charge in [0.1, 0.15) is 0 Å². The minimum absolute atomic E-state index is 0.828. The summed E-state index contributed by atoms with van der Waals surface area (Å²) in [5.74, 6) is 4.59. The van der Waals surface area contributed by atoms with Gasteiger partial charge >= 0.3 is 0 Å². The summed E-state index contributed by atoms with van der Waals surface area (Å²) in [5.41, 5.74) is 0. The van der Waals surface area contributed by atoms with Crippen LogP contribution in [0, 0.1) is 11.8 Å². The van der Waals surface area contributed by atoms with E-state index in [0.29, 0.717) is 0 Å². The predicted octanol–water partition coefficient (Wildman–Crippen LogP) is 3.93. The van der Waals surface area contributed by atoms with Gasteiger partial charge in [0, 0.05) is 6.04 Å². The molecule has 0 radical (unpaired) electrons. The summed E-state index contributed by atoms with van der Waals surface area (Å²) >= 11 is 2.17. The fourth-order valence-corrected chi connectivity index (χ4v) is 3.82. The van der Waals surface area contributed by atoms with Crippen molar-refractivity contribution < 1.29 is 0 Å². The lowest BCUT2D eigenvalue weighted by Gasteiger charge is -2.20. The molecule has 0 aromatic heterocycles. The highest BCUT2D eigenvalue weighted by Crippen LogP contribution is 2.29. The molecule has 0 aromatic rings. The molecule has 2 heteroatoms. The van der Waals surface area contributed by atoms with Crippen molar-refractivity contribution in [1.29, 1.82) is 0 Å².